The highest BCUT2D eigenvalue weighted by Gasteiger charge is 2.48. The Balaban J connectivity index is 1.62. The summed E-state index contributed by atoms with van der Waals surface area (Å²) in [6.07, 6.45) is -4.29. The van der Waals surface area contributed by atoms with Gasteiger partial charge in [0.1, 0.15) is 0 Å². The third-order valence-corrected chi connectivity index (χ3v) is 4.80. The fraction of sp³-hybridized carbons (Fsp3) is 0.263. The number of carbonyl (C=O) groups excluding carboxylic acids is 2. The lowest BCUT2D eigenvalue weighted by Gasteiger charge is -2.13. The van der Waals surface area contributed by atoms with Gasteiger partial charge in [-0.1, -0.05) is 29.8 Å². The van der Waals surface area contributed by atoms with E-state index < -0.39 is 29.5 Å². The summed E-state index contributed by atoms with van der Waals surface area (Å²) in [6, 6.07) is 9.78. The molecule has 0 spiro atoms. The standard InChI is InChI=1S/C19H16ClF3N2O2/c1-10-6-7-11(8-15(10)20)24-17(26)12-9-13(12)18(27)25-16-5-3-2-4-14(16)19(21,22)23/h2-8,12-13H,9H2,1H3,(H,24,26)(H,25,27). The Morgan fingerprint density at radius 1 is 1.04 bits per heavy atom. The zero-order chi connectivity index (χ0) is 19.8. The summed E-state index contributed by atoms with van der Waals surface area (Å²) in [6.45, 7) is 1.83. The van der Waals surface area contributed by atoms with Gasteiger partial charge in [-0.15, -0.1) is 0 Å². The van der Waals surface area contributed by atoms with Crippen molar-refractivity contribution in [3.63, 3.8) is 0 Å². The summed E-state index contributed by atoms with van der Waals surface area (Å²) in [5, 5.41) is 5.46. The van der Waals surface area contributed by atoms with Crippen molar-refractivity contribution in [3.05, 3.63) is 58.6 Å². The number of benzene rings is 2. The number of hydrogen-bond donors (Lipinski definition) is 2. The van der Waals surface area contributed by atoms with Crippen LogP contribution < -0.4 is 10.6 Å². The summed E-state index contributed by atoms with van der Waals surface area (Å²) in [4.78, 5) is 24.5. The number of para-hydroxylation sites is 1. The van der Waals surface area contributed by atoms with Gasteiger partial charge in [0, 0.05) is 10.7 Å². The number of rotatable bonds is 4. The van der Waals surface area contributed by atoms with Crippen molar-refractivity contribution in [3.8, 4) is 0 Å². The summed E-state index contributed by atoms with van der Waals surface area (Å²) in [5.41, 5.74) is 0.131. The van der Waals surface area contributed by atoms with E-state index >= 15 is 0 Å². The molecule has 0 aliphatic heterocycles. The quantitative estimate of drug-likeness (QED) is 0.773. The van der Waals surface area contributed by atoms with Crippen LogP contribution in [-0.2, 0) is 15.8 Å². The fourth-order valence-corrected chi connectivity index (χ4v) is 2.93. The first-order valence-corrected chi connectivity index (χ1v) is 8.58. The molecule has 1 fully saturated rings. The number of nitrogens with one attached hydrogen (secondary N) is 2. The molecule has 2 atom stereocenters. The zero-order valence-electron chi connectivity index (χ0n) is 14.2. The van der Waals surface area contributed by atoms with Gasteiger partial charge in [0.2, 0.25) is 11.8 Å². The van der Waals surface area contributed by atoms with E-state index in [9.17, 15) is 22.8 Å². The number of anilines is 2. The molecule has 0 heterocycles. The summed E-state index contributed by atoms with van der Waals surface area (Å²) in [5.74, 6) is -2.21. The van der Waals surface area contributed by atoms with Gasteiger partial charge in [-0.3, -0.25) is 9.59 Å². The van der Waals surface area contributed by atoms with Crippen LogP contribution in [0.3, 0.4) is 0 Å². The molecule has 1 aliphatic rings. The lowest BCUT2D eigenvalue weighted by molar-refractivity contribution is -0.137. The van der Waals surface area contributed by atoms with Crippen LogP contribution in [0.1, 0.15) is 17.5 Å². The largest absolute Gasteiger partial charge is 0.418 e. The maximum absolute atomic E-state index is 13.0. The molecule has 8 heteroatoms. The smallest absolute Gasteiger partial charge is 0.326 e. The topological polar surface area (TPSA) is 58.2 Å². The van der Waals surface area contributed by atoms with Crippen LogP contribution >= 0.6 is 11.6 Å². The van der Waals surface area contributed by atoms with E-state index in [-0.39, 0.29) is 18.0 Å². The second-order valence-corrected chi connectivity index (χ2v) is 6.84. The average molecular weight is 397 g/mol. The van der Waals surface area contributed by atoms with E-state index in [1.165, 1.54) is 18.2 Å². The van der Waals surface area contributed by atoms with Gasteiger partial charge >= 0.3 is 6.18 Å². The Hall–Kier alpha value is -2.54. The number of hydrogen-bond acceptors (Lipinski definition) is 2. The predicted octanol–water partition coefficient (Wildman–Crippen LogP) is 4.88. The monoisotopic (exact) mass is 396 g/mol. The van der Waals surface area contributed by atoms with Gasteiger partial charge in [-0.05, 0) is 43.2 Å². The second-order valence-electron chi connectivity index (χ2n) is 6.43. The van der Waals surface area contributed by atoms with Gasteiger partial charge in [0.15, 0.2) is 0 Å². The summed E-state index contributed by atoms with van der Waals surface area (Å²) in [7, 11) is 0. The van der Waals surface area contributed by atoms with E-state index in [2.05, 4.69) is 10.6 Å². The summed E-state index contributed by atoms with van der Waals surface area (Å²) < 4.78 is 39.0. The van der Waals surface area contributed by atoms with Crippen LogP contribution in [0.5, 0.6) is 0 Å². The van der Waals surface area contributed by atoms with Gasteiger partial charge in [-0.25, -0.2) is 0 Å². The molecule has 1 aliphatic carbocycles. The minimum atomic E-state index is -4.57. The molecule has 142 valence electrons. The van der Waals surface area contributed by atoms with Crippen LogP contribution in [0.2, 0.25) is 5.02 Å². The molecule has 2 N–H and O–H groups in total. The highest BCUT2D eigenvalue weighted by atomic mass is 35.5. The summed E-state index contributed by atoms with van der Waals surface area (Å²) >= 11 is 6.01. The molecular formula is C19H16ClF3N2O2. The molecule has 4 nitrogen and oxygen atoms in total. The molecule has 2 unspecified atom stereocenters. The number of alkyl halides is 3. The lowest BCUT2D eigenvalue weighted by atomic mass is 10.1. The minimum absolute atomic E-state index is 0.283. The average Bonchev–Trinajstić information content (AvgIpc) is 3.39. The molecule has 2 aromatic rings. The maximum atomic E-state index is 13.0. The zero-order valence-corrected chi connectivity index (χ0v) is 15.0. The second kappa shape index (κ2) is 7.23. The van der Waals surface area contributed by atoms with Crippen molar-refractivity contribution in [1.82, 2.24) is 0 Å². The number of aryl methyl sites for hydroxylation is 1. The van der Waals surface area contributed by atoms with Gasteiger partial charge in [-0.2, -0.15) is 13.2 Å². The fourth-order valence-electron chi connectivity index (χ4n) is 2.74. The molecule has 1 saturated carbocycles. The number of amides is 2. The van der Waals surface area contributed by atoms with E-state index in [0.717, 1.165) is 11.6 Å². The maximum Gasteiger partial charge on any atom is 0.418 e. The Labute approximate surface area is 158 Å². The normalized spacial score (nSPS) is 18.7. The molecule has 0 aromatic heterocycles. The molecule has 0 bridgehead atoms. The number of carbonyl (C=O) groups is 2. The van der Waals surface area contributed by atoms with Crippen LogP contribution in [-0.4, -0.2) is 11.8 Å². The molecule has 2 aromatic carbocycles. The van der Waals surface area contributed by atoms with Crippen LogP contribution in [0.25, 0.3) is 0 Å². The number of halogens is 4. The van der Waals surface area contributed by atoms with Crippen molar-refractivity contribution < 1.29 is 22.8 Å². The van der Waals surface area contributed by atoms with E-state index in [1.54, 1.807) is 18.2 Å². The molecule has 2 amide bonds. The van der Waals surface area contributed by atoms with E-state index in [1.807, 2.05) is 6.92 Å². The Morgan fingerprint density at radius 3 is 2.30 bits per heavy atom. The molecule has 3 rings (SSSR count). The van der Waals surface area contributed by atoms with Crippen molar-refractivity contribution in [2.24, 2.45) is 11.8 Å². The minimum Gasteiger partial charge on any atom is -0.326 e. The molecule has 27 heavy (non-hydrogen) atoms. The lowest BCUT2D eigenvalue weighted by Crippen LogP contribution is -2.22. The van der Waals surface area contributed by atoms with Gasteiger partial charge < -0.3 is 10.6 Å². The molecular weight excluding hydrogens is 381 g/mol. The molecule has 0 radical (unpaired) electrons. The van der Waals surface area contributed by atoms with Crippen molar-refractivity contribution in [2.45, 2.75) is 19.5 Å². The van der Waals surface area contributed by atoms with E-state index in [4.69, 9.17) is 11.6 Å². The van der Waals surface area contributed by atoms with E-state index in [0.29, 0.717) is 10.7 Å². The third-order valence-electron chi connectivity index (χ3n) is 4.39. The predicted molar refractivity (Wildman–Crippen MR) is 96.5 cm³/mol. The third kappa shape index (κ3) is 4.42. The first-order valence-electron chi connectivity index (χ1n) is 8.21. The SMILES string of the molecule is Cc1ccc(NC(=O)C2CC2C(=O)Nc2ccccc2C(F)(F)F)cc1Cl. The van der Waals surface area contributed by atoms with Crippen LogP contribution in [0.15, 0.2) is 42.5 Å². The molecule has 0 saturated heterocycles. The van der Waals surface area contributed by atoms with Gasteiger partial charge in [0.25, 0.3) is 0 Å². The van der Waals surface area contributed by atoms with Crippen LogP contribution in [0, 0.1) is 18.8 Å². The first kappa shape index (κ1) is 19.2. The Bertz CT molecular complexity index is 899. The van der Waals surface area contributed by atoms with Gasteiger partial charge in [0.05, 0.1) is 23.1 Å². The Morgan fingerprint density at radius 2 is 1.67 bits per heavy atom. The first-order chi connectivity index (χ1) is 12.7. The highest BCUT2D eigenvalue weighted by molar-refractivity contribution is 6.31. The van der Waals surface area contributed by atoms with Crippen molar-refractivity contribution in [1.29, 1.82) is 0 Å². The van der Waals surface area contributed by atoms with Crippen molar-refractivity contribution in [2.75, 3.05) is 10.6 Å². The van der Waals surface area contributed by atoms with Crippen molar-refractivity contribution >= 4 is 34.8 Å². The highest BCUT2D eigenvalue weighted by Crippen LogP contribution is 2.41. The van der Waals surface area contributed by atoms with Crippen LogP contribution in [0.4, 0.5) is 24.5 Å². The Kier molecular flexibility index (Phi) is 5.15.